The van der Waals surface area contributed by atoms with Crippen molar-refractivity contribution < 1.29 is 14.4 Å². The Balaban J connectivity index is 1.56. The van der Waals surface area contributed by atoms with Gasteiger partial charge in [-0.3, -0.25) is 0 Å². The minimum Gasteiger partial charge on any atom is -0.485 e. The van der Waals surface area contributed by atoms with Crippen LogP contribution in [0.3, 0.4) is 0 Å². The van der Waals surface area contributed by atoms with E-state index in [0.717, 1.165) is 48.3 Å². The Morgan fingerprint density at radius 2 is 1.69 bits per heavy atom. The maximum Gasteiger partial charge on any atom is 0.338 e. The average Bonchev–Trinajstić information content (AvgIpc) is 2.73. The first kappa shape index (κ1) is 16.8. The number of para-hydroxylation sites is 1. The summed E-state index contributed by atoms with van der Waals surface area (Å²) in [7, 11) is 0. The lowest BCUT2D eigenvalue weighted by Crippen LogP contribution is -2.23. The molecule has 1 saturated carbocycles. The molecule has 4 rings (SSSR count). The summed E-state index contributed by atoms with van der Waals surface area (Å²) in [6, 6.07) is 17.9. The van der Waals surface area contributed by atoms with Crippen LogP contribution in [0, 0.1) is 5.92 Å². The first-order valence-corrected chi connectivity index (χ1v) is 9.40. The number of oxime groups is 1. The van der Waals surface area contributed by atoms with Crippen molar-refractivity contribution >= 4 is 11.7 Å². The molecule has 134 valence electrons. The number of hydrogen-bond acceptors (Lipinski definition) is 4. The molecular formula is C22H23NO3. The van der Waals surface area contributed by atoms with E-state index in [2.05, 4.69) is 5.16 Å². The number of nitrogens with zero attached hydrogens (tertiary/aromatic N) is 1. The van der Waals surface area contributed by atoms with Crippen molar-refractivity contribution in [2.75, 3.05) is 0 Å². The normalized spacial score (nSPS) is 21.7. The van der Waals surface area contributed by atoms with Crippen molar-refractivity contribution in [1.29, 1.82) is 0 Å². The molecule has 4 nitrogen and oxygen atoms in total. The molecule has 0 N–H and O–H groups in total. The Kier molecular flexibility index (Phi) is 5.00. The molecule has 0 aromatic heterocycles. The predicted octanol–water partition coefficient (Wildman–Crippen LogP) is 5.04. The van der Waals surface area contributed by atoms with E-state index in [1.165, 1.54) is 6.42 Å². The molecule has 0 bridgehead atoms. The molecule has 1 heterocycles. The van der Waals surface area contributed by atoms with Crippen LogP contribution in [0.5, 0.6) is 5.75 Å². The smallest absolute Gasteiger partial charge is 0.338 e. The third-order valence-electron chi connectivity index (χ3n) is 5.20. The summed E-state index contributed by atoms with van der Waals surface area (Å²) in [5.41, 5.74) is 2.76. The van der Waals surface area contributed by atoms with Gasteiger partial charge in [0.1, 0.15) is 11.9 Å². The SMILES string of the molecule is O=C(O/N=C1\CC(c2ccccc2)Oc2ccccc21)C1CCCCC1. The van der Waals surface area contributed by atoms with Crippen LogP contribution in [-0.2, 0) is 9.63 Å². The first-order valence-electron chi connectivity index (χ1n) is 9.40. The van der Waals surface area contributed by atoms with Crippen LogP contribution >= 0.6 is 0 Å². The van der Waals surface area contributed by atoms with Crippen molar-refractivity contribution in [3.63, 3.8) is 0 Å². The molecule has 0 saturated heterocycles. The zero-order chi connectivity index (χ0) is 17.8. The van der Waals surface area contributed by atoms with Crippen molar-refractivity contribution in [3.8, 4) is 5.75 Å². The van der Waals surface area contributed by atoms with Crippen molar-refractivity contribution in [2.45, 2.75) is 44.6 Å². The van der Waals surface area contributed by atoms with Crippen LogP contribution in [0.25, 0.3) is 0 Å². The van der Waals surface area contributed by atoms with Gasteiger partial charge in [-0.1, -0.05) is 66.9 Å². The van der Waals surface area contributed by atoms with Crippen LogP contribution in [0.4, 0.5) is 0 Å². The lowest BCUT2D eigenvalue weighted by molar-refractivity contribution is -0.149. The van der Waals surface area contributed by atoms with Crippen LogP contribution in [-0.4, -0.2) is 11.7 Å². The van der Waals surface area contributed by atoms with E-state index < -0.39 is 0 Å². The monoisotopic (exact) mass is 349 g/mol. The third-order valence-corrected chi connectivity index (χ3v) is 5.20. The molecule has 1 aliphatic heterocycles. The zero-order valence-corrected chi connectivity index (χ0v) is 14.8. The maximum atomic E-state index is 12.3. The topological polar surface area (TPSA) is 47.9 Å². The number of carbonyl (C=O) groups is 1. The summed E-state index contributed by atoms with van der Waals surface area (Å²) in [6.07, 6.45) is 5.69. The number of fused-ring (bicyclic) bond motifs is 1. The largest absolute Gasteiger partial charge is 0.485 e. The average molecular weight is 349 g/mol. The maximum absolute atomic E-state index is 12.3. The highest BCUT2D eigenvalue weighted by molar-refractivity contribution is 6.04. The third kappa shape index (κ3) is 3.64. The van der Waals surface area contributed by atoms with Crippen molar-refractivity contribution in [2.24, 2.45) is 11.1 Å². The molecular weight excluding hydrogens is 326 g/mol. The number of ether oxygens (including phenoxy) is 1. The molecule has 1 aliphatic carbocycles. The van der Waals surface area contributed by atoms with E-state index in [-0.39, 0.29) is 18.0 Å². The molecule has 0 radical (unpaired) electrons. The quantitative estimate of drug-likeness (QED) is 0.576. The molecule has 0 spiro atoms. The van der Waals surface area contributed by atoms with Crippen LogP contribution in [0.15, 0.2) is 59.8 Å². The standard InChI is InChI=1S/C22H23NO3/c24-22(17-11-5-2-6-12-17)26-23-19-15-21(16-9-3-1-4-10-16)25-20-14-8-7-13-18(19)20/h1,3-4,7-10,13-14,17,21H,2,5-6,11-12,15H2/b23-19+. The highest BCUT2D eigenvalue weighted by atomic mass is 16.7. The summed E-state index contributed by atoms with van der Waals surface area (Å²) < 4.78 is 6.15. The summed E-state index contributed by atoms with van der Waals surface area (Å²) in [4.78, 5) is 17.7. The molecule has 1 fully saturated rings. The molecule has 2 aliphatic rings. The lowest BCUT2D eigenvalue weighted by atomic mass is 9.89. The minimum absolute atomic E-state index is 0.00638. The molecule has 2 aromatic rings. The fraction of sp³-hybridized carbons (Fsp3) is 0.364. The van der Waals surface area contributed by atoms with Crippen molar-refractivity contribution in [1.82, 2.24) is 0 Å². The highest BCUT2D eigenvalue weighted by Gasteiger charge is 2.28. The molecule has 2 aromatic carbocycles. The van der Waals surface area contributed by atoms with Crippen molar-refractivity contribution in [3.05, 3.63) is 65.7 Å². The van der Waals surface area contributed by atoms with Gasteiger partial charge >= 0.3 is 5.97 Å². The Labute approximate surface area is 153 Å². The number of carbonyl (C=O) groups excluding carboxylic acids is 1. The van der Waals surface area contributed by atoms with Gasteiger partial charge in [0.2, 0.25) is 0 Å². The molecule has 1 unspecified atom stereocenters. The van der Waals surface area contributed by atoms with E-state index in [1.54, 1.807) is 0 Å². The fourth-order valence-corrected chi connectivity index (χ4v) is 3.74. The number of benzene rings is 2. The van der Waals surface area contributed by atoms with Gasteiger partial charge in [-0.05, 0) is 30.5 Å². The van der Waals surface area contributed by atoms with Gasteiger partial charge in [0, 0.05) is 12.0 Å². The molecule has 1 atom stereocenters. The molecule has 26 heavy (non-hydrogen) atoms. The highest BCUT2D eigenvalue weighted by Crippen LogP contribution is 2.35. The first-order chi connectivity index (χ1) is 12.8. The van der Waals surface area contributed by atoms with E-state index >= 15 is 0 Å². The summed E-state index contributed by atoms with van der Waals surface area (Å²) >= 11 is 0. The lowest BCUT2D eigenvalue weighted by Gasteiger charge is -2.27. The Morgan fingerprint density at radius 3 is 2.50 bits per heavy atom. The minimum atomic E-state index is -0.197. The van der Waals surface area contributed by atoms with Gasteiger partial charge < -0.3 is 9.57 Å². The van der Waals surface area contributed by atoms with Gasteiger partial charge in [0.05, 0.1) is 11.6 Å². The van der Waals surface area contributed by atoms with E-state index in [0.29, 0.717) is 6.42 Å². The van der Waals surface area contributed by atoms with Gasteiger partial charge in [0.15, 0.2) is 0 Å². The zero-order valence-electron chi connectivity index (χ0n) is 14.8. The molecule has 0 amide bonds. The van der Waals surface area contributed by atoms with Crippen LogP contribution in [0.1, 0.15) is 55.8 Å². The summed E-state index contributed by atoms with van der Waals surface area (Å²) in [5, 5.41) is 4.26. The number of hydrogen-bond donors (Lipinski definition) is 0. The number of rotatable bonds is 3. The predicted molar refractivity (Wildman–Crippen MR) is 100 cm³/mol. The molecule has 4 heteroatoms. The van der Waals surface area contributed by atoms with Gasteiger partial charge in [-0.15, -0.1) is 0 Å². The second-order valence-corrected chi connectivity index (χ2v) is 7.00. The van der Waals surface area contributed by atoms with Gasteiger partial charge in [-0.25, -0.2) is 4.79 Å². The fourth-order valence-electron chi connectivity index (χ4n) is 3.74. The second-order valence-electron chi connectivity index (χ2n) is 7.00. The van der Waals surface area contributed by atoms with E-state index in [9.17, 15) is 4.79 Å². The van der Waals surface area contributed by atoms with Gasteiger partial charge in [0.25, 0.3) is 0 Å². The van der Waals surface area contributed by atoms with Gasteiger partial charge in [-0.2, -0.15) is 0 Å². The van der Waals surface area contributed by atoms with E-state index in [1.807, 2.05) is 54.6 Å². The van der Waals surface area contributed by atoms with Crippen LogP contribution in [0.2, 0.25) is 0 Å². The summed E-state index contributed by atoms with van der Waals surface area (Å²) in [5.74, 6) is 0.575. The van der Waals surface area contributed by atoms with Crippen LogP contribution < -0.4 is 4.74 Å². The Bertz CT molecular complexity index is 794. The van der Waals surface area contributed by atoms with E-state index in [4.69, 9.17) is 9.57 Å². The summed E-state index contributed by atoms with van der Waals surface area (Å²) in [6.45, 7) is 0. The Hall–Kier alpha value is -2.62. The Morgan fingerprint density at radius 1 is 0.962 bits per heavy atom. The second kappa shape index (κ2) is 7.73.